The molecule has 0 radical (unpaired) electrons. The number of amides is 2. The lowest BCUT2D eigenvalue weighted by molar-refractivity contribution is -0.138. The summed E-state index contributed by atoms with van der Waals surface area (Å²) in [4.78, 5) is 25.0. The van der Waals surface area contributed by atoms with E-state index in [0.717, 1.165) is 12.1 Å². The molecule has 2 amide bonds. The Hall–Kier alpha value is -3.27. The normalized spacial score (nSPS) is 15.2. The molecular weight excluding hydrogens is 465 g/mol. The van der Waals surface area contributed by atoms with Crippen LogP contribution >= 0.6 is 0 Å². The van der Waals surface area contributed by atoms with Crippen molar-refractivity contribution in [3.05, 3.63) is 59.2 Å². The number of benzene rings is 2. The Kier molecular flexibility index (Phi) is 8.61. The van der Waals surface area contributed by atoms with Gasteiger partial charge in [0, 0.05) is 26.3 Å². The number of alkyl halides is 3. The number of likely N-dealkylation sites (N-methyl/N-ethyl adjacent to an activating group) is 1. The first-order valence-corrected chi connectivity index (χ1v) is 11.3. The van der Waals surface area contributed by atoms with Crippen LogP contribution in [-0.4, -0.2) is 45.3 Å². The number of rotatable bonds is 9. The van der Waals surface area contributed by atoms with Crippen molar-refractivity contribution >= 4 is 11.8 Å². The third-order valence-electron chi connectivity index (χ3n) is 5.94. The second-order valence-electron chi connectivity index (χ2n) is 8.18. The Morgan fingerprint density at radius 2 is 1.80 bits per heavy atom. The molecule has 0 aliphatic carbocycles. The average Bonchev–Trinajstić information content (AvgIpc) is 2.86. The Labute approximate surface area is 201 Å². The highest BCUT2D eigenvalue weighted by Crippen LogP contribution is 2.38. The van der Waals surface area contributed by atoms with Crippen molar-refractivity contribution < 1.29 is 37.0 Å². The molecule has 0 unspecified atom stereocenters. The number of carbonyl (C=O) groups is 2. The van der Waals surface area contributed by atoms with Crippen molar-refractivity contribution in [1.82, 2.24) is 10.6 Å². The van der Waals surface area contributed by atoms with Gasteiger partial charge in [0.15, 0.2) is 18.1 Å². The molecule has 3 rings (SSSR count). The standard InChI is InChI=1S/C25H29F3N2O5/c1-3-29-22(31)16-35-20-8-7-17(13-21(20)33-2)15-30-23(32)24(9-11-34-12-10-24)18-5-4-6-19(14-18)25(26,27)28/h4-8,13-14H,3,9-12,15-16H2,1-2H3,(H,29,31)(H,30,32). The molecule has 1 aliphatic rings. The molecule has 0 aromatic heterocycles. The zero-order valence-corrected chi connectivity index (χ0v) is 19.7. The van der Waals surface area contributed by atoms with E-state index in [2.05, 4.69) is 10.6 Å². The van der Waals surface area contributed by atoms with Crippen LogP contribution in [0.2, 0.25) is 0 Å². The Balaban J connectivity index is 1.75. The molecule has 1 fully saturated rings. The minimum absolute atomic E-state index is 0.132. The van der Waals surface area contributed by atoms with Crippen LogP contribution in [0.3, 0.4) is 0 Å². The molecule has 0 atom stereocenters. The van der Waals surface area contributed by atoms with Crippen LogP contribution in [0.25, 0.3) is 0 Å². The first-order valence-electron chi connectivity index (χ1n) is 11.3. The van der Waals surface area contributed by atoms with Crippen LogP contribution in [0.5, 0.6) is 11.5 Å². The molecule has 10 heteroatoms. The van der Waals surface area contributed by atoms with Gasteiger partial charge in [0.05, 0.1) is 18.1 Å². The SMILES string of the molecule is CCNC(=O)COc1ccc(CNC(=O)C2(c3cccc(C(F)(F)F)c3)CCOCC2)cc1OC. The van der Waals surface area contributed by atoms with Gasteiger partial charge in [-0.15, -0.1) is 0 Å². The maximum atomic E-state index is 13.4. The molecule has 2 aromatic rings. The number of methoxy groups -OCH3 is 1. The molecule has 1 saturated heterocycles. The molecule has 1 aliphatic heterocycles. The molecular formula is C25H29F3N2O5. The Morgan fingerprint density at radius 1 is 1.06 bits per heavy atom. The van der Waals surface area contributed by atoms with Gasteiger partial charge in [-0.05, 0) is 49.1 Å². The van der Waals surface area contributed by atoms with E-state index < -0.39 is 17.2 Å². The van der Waals surface area contributed by atoms with Crippen LogP contribution in [0, 0.1) is 0 Å². The fourth-order valence-corrected chi connectivity index (χ4v) is 4.04. The van der Waals surface area contributed by atoms with Crippen molar-refractivity contribution in [3.8, 4) is 11.5 Å². The quantitative estimate of drug-likeness (QED) is 0.557. The summed E-state index contributed by atoms with van der Waals surface area (Å²) >= 11 is 0. The van der Waals surface area contributed by atoms with Gasteiger partial charge >= 0.3 is 6.18 Å². The zero-order valence-electron chi connectivity index (χ0n) is 19.7. The summed E-state index contributed by atoms with van der Waals surface area (Å²) in [5.41, 5.74) is -0.896. The second-order valence-corrected chi connectivity index (χ2v) is 8.18. The summed E-state index contributed by atoms with van der Waals surface area (Å²) < 4.78 is 56.1. The molecule has 0 saturated carbocycles. The molecule has 0 bridgehead atoms. The van der Waals surface area contributed by atoms with E-state index in [0.29, 0.717) is 29.2 Å². The van der Waals surface area contributed by atoms with Crippen LogP contribution in [0.15, 0.2) is 42.5 Å². The largest absolute Gasteiger partial charge is 0.493 e. The summed E-state index contributed by atoms with van der Waals surface area (Å²) in [7, 11) is 1.46. The minimum atomic E-state index is -4.50. The van der Waals surface area contributed by atoms with Crippen molar-refractivity contribution in [2.24, 2.45) is 0 Å². The number of hydrogen-bond donors (Lipinski definition) is 2. The van der Waals surface area contributed by atoms with Crippen LogP contribution in [0.1, 0.15) is 36.5 Å². The summed E-state index contributed by atoms with van der Waals surface area (Å²) in [6.45, 7) is 2.81. The van der Waals surface area contributed by atoms with E-state index in [1.165, 1.54) is 13.2 Å². The highest BCUT2D eigenvalue weighted by atomic mass is 19.4. The van der Waals surface area contributed by atoms with Gasteiger partial charge in [-0.2, -0.15) is 13.2 Å². The topological polar surface area (TPSA) is 85.9 Å². The van der Waals surface area contributed by atoms with E-state index in [1.54, 1.807) is 31.2 Å². The molecule has 2 N–H and O–H groups in total. The first-order chi connectivity index (χ1) is 16.7. The van der Waals surface area contributed by atoms with E-state index in [9.17, 15) is 22.8 Å². The van der Waals surface area contributed by atoms with Crippen LogP contribution < -0.4 is 20.1 Å². The van der Waals surface area contributed by atoms with Crippen molar-refractivity contribution in [1.29, 1.82) is 0 Å². The number of carbonyl (C=O) groups excluding carboxylic acids is 2. The number of hydrogen-bond acceptors (Lipinski definition) is 5. The number of ether oxygens (including phenoxy) is 3. The summed E-state index contributed by atoms with van der Waals surface area (Å²) in [6, 6.07) is 9.96. The van der Waals surface area contributed by atoms with Crippen LogP contribution in [0.4, 0.5) is 13.2 Å². The van der Waals surface area contributed by atoms with Gasteiger partial charge in [0.1, 0.15) is 0 Å². The minimum Gasteiger partial charge on any atom is -0.493 e. The lowest BCUT2D eigenvalue weighted by atomic mass is 9.73. The molecule has 0 spiro atoms. The summed E-state index contributed by atoms with van der Waals surface area (Å²) in [6.07, 6.45) is -3.96. The lowest BCUT2D eigenvalue weighted by Crippen LogP contribution is -2.47. The predicted octanol–water partition coefficient (Wildman–Crippen LogP) is 3.59. The van der Waals surface area contributed by atoms with Crippen molar-refractivity contribution in [2.75, 3.05) is 33.5 Å². The second kappa shape index (κ2) is 11.4. The highest BCUT2D eigenvalue weighted by Gasteiger charge is 2.43. The maximum absolute atomic E-state index is 13.4. The third-order valence-corrected chi connectivity index (χ3v) is 5.94. The Bertz CT molecular complexity index is 1040. The van der Waals surface area contributed by atoms with E-state index in [4.69, 9.17) is 14.2 Å². The van der Waals surface area contributed by atoms with Gasteiger partial charge in [0.25, 0.3) is 5.91 Å². The number of nitrogens with one attached hydrogen (secondary N) is 2. The third kappa shape index (κ3) is 6.45. The zero-order chi connectivity index (χ0) is 25.5. The van der Waals surface area contributed by atoms with E-state index in [-0.39, 0.29) is 51.0 Å². The summed E-state index contributed by atoms with van der Waals surface area (Å²) in [5.74, 6) is 0.135. The average molecular weight is 495 g/mol. The van der Waals surface area contributed by atoms with Gasteiger partial charge in [0.2, 0.25) is 5.91 Å². The molecule has 190 valence electrons. The summed E-state index contributed by atoms with van der Waals surface area (Å²) in [5, 5.41) is 5.50. The highest BCUT2D eigenvalue weighted by molar-refractivity contribution is 5.88. The van der Waals surface area contributed by atoms with Crippen molar-refractivity contribution in [3.63, 3.8) is 0 Å². The first kappa shape index (κ1) is 26.3. The molecule has 7 nitrogen and oxygen atoms in total. The maximum Gasteiger partial charge on any atom is 0.416 e. The van der Waals surface area contributed by atoms with Crippen LogP contribution in [-0.2, 0) is 32.5 Å². The predicted molar refractivity (Wildman–Crippen MR) is 122 cm³/mol. The molecule has 1 heterocycles. The molecule has 35 heavy (non-hydrogen) atoms. The smallest absolute Gasteiger partial charge is 0.416 e. The van der Waals surface area contributed by atoms with E-state index in [1.807, 2.05) is 0 Å². The molecule has 2 aromatic carbocycles. The lowest BCUT2D eigenvalue weighted by Gasteiger charge is -2.36. The fraction of sp³-hybridized carbons (Fsp3) is 0.440. The number of halogens is 3. The van der Waals surface area contributed by atoms with Gasteiger partial charge < -0.3 is 24.8 Å². The van der Waals surface area contributed by atoms with Gasteiger partial charge in [-0.25, -0.2) is 0 Å². The van der Waals surface area contributed by atoms with Gasteiger partial charge in [-0.1, -0.05) is 24.3 Å². The Morgan fingerprint density at radius 3 is 2.46 bits per heavy atom. The van der Waals surface area contributed by atoms with Crippen molar-refractivity contribution in [2.45, 2.75) is 37.9 Å². The fourth-order valence-electron chi connectivity index (χ4n) is 4.04. The van der Waals surface area contributed by atoms with Gasteiger partial charge in [-0.3, -0.25) is 9.59 Å². The van der Waals surface area contributed by atoms with E-state index >= 15 is 0 Å². The monoisotopic (exact) mass is 494 g/mol.